The van der Waals surface area contributed by atoms with E-state index in [2.05, 4.69) is 33.3 Å². The highest BCUT2D eigenvalue weighted by molar-refractivity contribution is 8.29. The third-order valence-corrected chi connectivity index (χ3v) is 8.60. The Kier molecular flexibility index (Phi) is 7.10. The summed E-state index contributed by atoms with van der Waals surface area (Å²) in [7, 11) is -4.96. The van der Waals surface area contributed by atoms with Gasteiger partial charge in [-0.2, -0.15) is 8.42 Å². The third-order valence-electron chi connectivity index (χ3n) is 4.33. The van der Waals surface area contributed by atoms with Crippen LogP contribution in [0.1, 0.15) is 48.0 Å². The number of nitrogens with zero attached hydrogens (tertiary/aromatic N) is 1. The summed E-state index contributed by atoms with van der Waals surface area (Å²) in [5.74, 6) is 0. The Morgan fingerprint density at radius 3 is 2.04 bits per heavy atom. The highest BCUT2D eigenvalue weighted by atomic mass is 32.3. The molecule has 1 aliphatic rings. The van der Waals surface area contributed by atoms with Crippen LogP contribution >= 0.6 is 10.3 Å². The standard InChI is InChI=1S/C17H35NO6S2/c1-16(2,3)23-15(19)18-11-14(24-25(7,8)17(4,5)6)10-13(18)12-22-26(9,20)21/h13-14H,10-12H2,1-9H3. The van der Waals surface area contributed by atoms with E-state index in [1.807, 2.05) is 0 Å². The van der Waals surface area contributed by atoms with Crippen molar-refractivity contribution in [3.63, 3.8) is 0 Å². The van der Waals surface area contributed by atoms with Gasteiger partial charge in [-0.1, -0.05) is 20.8 Å². The quantitative estimate of drug-likeness (QED) is 0.644. The number of likely N-dealkylation sites (tertiary alicyclic amines) is 1. The largest absolute Gasteiger partial charge is 0.444 e. The van der Waals surface area contributed by atoms with Crippen molar-refractivity contribution >= 4 is 26.5 Å². The Hall–Kier alpha value is -0.510. The molecule has 7 nitrogen and oxygen atoms in total. The molecule has 9 heteroatoms. The molecular formula is C17H35NO6S2. The van der Waals surface area contributed by atoms with Crippen LogP contribution in [0.25, 0.3) is 0 Å². The molecule has 1 fully saturated rings. The summed E-state index contributed by atoms with van der Waals surface area (Å²) in [6.45, 7) is 12.0. The maximum absolute atomic E-state index is 12.6. The van der Waals surface area contributed by atoms with E-state index >= 15 is 0 Å². The fourth-order valence-corrected chi connectivity index (χ4v) is 3.85. The molecule has 0 aliphatic carbocycles. The fraction of sp³-hybridized carbons (Fsp3) is 0.941. The number of ether oxygens (including phenoxy) is 1. The highest BCUT2D eigenvalue weighted by Gasteiger charge is 2.42. The van der Waals surface area contributed by atoms with Crippen molar-refractivity contribution in [1.82, 2.24) is 4.90 Å². The lowest BCUT2D eigenvalue weighted by molar-refractivity contribution is 0.0179. The lowest BCUT2D eigenvalue weighted by Crippen LogP contribution is -2.42. The molecule has 0 aromatic heterocycles. The maximum atomic E-state index is 12.6. The van der Waals surface area contributed by atoms with Crippen molar-refractivity contribution in [2.24, 2.45) is 0 Å². The monoisotopic (exact) mass is 413 g/mol. The van der Waals surface area contributed by atoms with Crippen molar-refractivity contribution in [1.29, 1.82) is 0 Å². The van der Waals surface area contributed by atoms with Crippen LogP contribution < -0.4 is 0 Å². The molecule has 0 spiro atoms. The number of hydrogen-bond donors (Lipinski definition) is 0. The average Bonchev–Trinajstić information content (AvgIpc) is 2.74. The molecule has 0 radical (unpaired) electrons. The zero-order chi connectivity index (χ0) is 20.6. The second-order valence-corrected chi connectivity index (χ2v) is 14.6. The molecule has 26 heavy (non-hydrogen) atoms. The molecule has 0 saturated carbocycles. The summed E-state index contributed by atoms with van der Waals surface area (Å²) in [5.41, 5.74) is -0.631. The van der Waals surface area contributed by atoms with Gasteiger partial charge in [0.2, 0.25) is 0 Å². The van der Waals surface area contributed by atoms with Gasteiger partial charge >= 0.3 is 6.09 Å². The normalized spacial score (nSPS) is 23.2. The van der Waals surface area contributed by atoms with Crippen molar-refractivity contribution < 1.29 is 26.3 Å². The Labute approximate surface area is 160 Å². The van der Waals surface area contributed by atoms with Crippen molar-refractivity contribution in [2.75, 3.05) is 31.9 Å². The van der Waals surface area contributed by atoms with Gasteiger partial charge in [-0.25, -0.2) is 4.79 Å². The smallest absolute Gasteiger partial charge is 0.410 e. The average molecular weight is 414 g/mol. The summed E-state index contributed by atoms with van der Waals surface area (Å²) in [6, 6.07) is -0.403. The number of hydrogen-bond acceptors (Lipinski definition) is 6. The summed E-state index contributed by atoms with van der Waals surface area (Å²) in [5, 5.41) is 0. The van der Waals surface area contributed by atoms with Gasteiger partial charge in [0.15, 0.2) is 0 Å². The minimum Gasteiger partial charge on any atom is -0.444 e. The van der Waals surface area contributed by atoms with Gasteiger partial charge in [0.05, 0.1) is 31.6 Å². The van der Waals surface area contributed by atoms with Gasteiger partial charge in [0.25, 0.3) is 10.1 Å². The van der Waals surface area contributed by atoms with Crippen molar-refractivity contribution in [2.45, 2.75) is 70.5 Å². The summed E-state index contributed by atoms with van der Waals surface area (Å²) >= 11 is 0. The van der Waals surface area contributed by atoms with E-state index in [1.54, 1.807) is 20.8 Å². The molecule has 0 aromatic carbocycles. The molecular weight excluding hydrogens is 378 g/mol. The first-order valence-electron chi connectivity index (χ1n) is 8.66. The Morgan fingerprint density at radius 1 is 1.08 bits per heavy atom. The first-order valence-corrected chi connectivity index (χ1v) is 12.9. The summed E-state index contributed by atoms with van der Waals surface area (Å²) in [4.78, 5) is 14.1. The molecule has 0 bridgehead atoms. The Bertz CT molecular complexity index is 604. The molecule has 1 saturated heterocycles. The van der Waals surface area contributed by atoms with Crippen LogP contribution in [0, 0.1) is 0 Å². The van der Waals surface area contributed by atoms with E-state index < -0.39 is 38.2 Å². The molecule has 2 atom stereocenters. The van der Waals surface area contributed by atoms with Gasteiger partial charge in [-0.05, 0) is 39.7 Å². The second-order valence-electron chi connectivity index (χ2n) is 9.07. The van der Waals surface area contributed by atoms with Crippen molar-refractivity contribution in [3.05, 3.63) is 0 Å². The van der Waals surface area contributed by atoms with Crippen LogP contribution in [0.2, 0.25) is 0 Å². The van der Waals surface area contributed by atoms with Crippen LogP contribution in [0.15, 0.2) is 0 Å². The number of rotatable bonds is 5. The molecule has 1 amide bonds. The van der Waals surface area contributed by atoms with Gasteiger partial charge in [0, 0.05) is 4.75 Å². The zero-order valence-corrected chi connectivity index (χ0v) is 19.1. The number of amides is 1. The molecule has 2 unspecified atom stereocenters. The SMILES string of the molecule is CC(C)(C)OC(=O)N1CC(OS(C)(C)C(C)(C)C)CC1COS(C)(=O)=O. The number of carbonyl (C=O) groups excluding carboxylic acids is 1. The first-order chi connectivity index (χ1) is 11.4. The molecule has 1 rings (SSSR count). The highest BCUT2D eigenvalue weighted by Crippen LogP contribution is 2.55. The topological polar surface area (TPSA) is 82.1 Å². The van der Waals surface area contributed by atoms with E-state index in [9.17, 15) is 13.2 Å². The van der Waals surface area contributed by atoms with Crippen LogP contribution in [0.5, 0.6) is 0 Å². The zero-order valence-electron chi connectivity index (χ0n) is 17.5. The summed E-state index contributed by atoms with van der Waals surface area (Å²) < 4.78 is 39.5. The summed E-state index contributed by atoms with van der Waals surface area (Å²) in [6.07, 6.45) is 5.06. The minimum absolute atomic E-state index is 0.00884. The van der Waals surface area contributed by atoms with Gasteiger partial charge in [0.1, 0.15) is 5.60 Å². The van der Waals surface area contributed by atoms with E-state index in [4.69, 9.17) is 13.1 Å². The van der Waals surface area contributed by atoms with Crippen LogP contribution in [0.3, 0.4) is 0 Å². The molecule has 1 aliphatic heterocycles. The Morgan fingerprint density at radius 2 is 1.62 bits per heavy atom. The predicted molar refractivity (Wildman–Crippen MR) is 106 cm³/mol. The molecule has 156 valence electrons. The predicted octanol–water partition coefficient (Wildman–Crippen LogP) is 3.13. The van der Waals surface area contributed by atoms with Gasteiger partial charge < -0.3 is 13.8 Å². The lowest BCUT2D eigenvalue weighted by Gasteiger charge is -2.45. The van der Waals surface area contributed by atoms with Crippen LogP contribution in [0.4, 0.5) is 4.79 Å². The number of carbonyl (C=O) groups is 1. The second kappa shape index (κ2) is 7.85. The lowest BCUT2D eigenvalue weighted by atomic mass is 10.2. The minimum atomic E-state index is -3.59. The van der Waals surface area contributed by atoms with Gasteiger partial charge in [-0.15, -0.1) is 10.3 Å². The van der Waals surface area contributed by atoms with Crippen LogP contribution in [-0.2, 0) is 23.2 Å². The van der Waals surface area contributed by atoms with E-state index in [1.165, 1.54) is 4.90 Å². The third kappa shape index (κ3) is 7.25. The van der Waals surface area contributed by atoms with E-state index in [0.717, 1.165) is 6.26 Å². The molecule has 0 aromatic rings. The van der Waals surface area contributed by atoms with Crippen LogP contribution in [-0.4, -0.2) is 73.8 Å². The fourth-order valence-electron chi connectivity index (χ4n) is 2.33. The first kappa shape index (κ1) is 23.5. The molecule has 0 N–H and O–H groups in total. The van der Waals surface area contributed by atoms with Crippen molar-refractivity contribution in [3.8, 4) is 0 Å². The molecule has 1 heterocycles. The van der Waals surface area contributed by atoms with E-state index in [0.29, 0.717) is 13.0 Å². The maximum Gasteiger partial charge on any atom is 0.410 e. The van der Waals surface area contributed by atoms with E-state index in [-0.39, 0.29) is 17.5 Å². The Balaban J connectivity index is 2.92. The van der Waals surface area contributed by atoms with Gasteiger partial charge in [-0.3, -0.25) is 4.18 Å².